The van der Waals surface area contributed by atoms with Crippen molar-refractivity contribution in [3.63, 3.8) is 0 Å². The van der Waals surface area contributed by atoms with Gasteiger partial charge in [-0.2, -0.15) is 0 Å². The lowest BCUT2D eigenvalue weighted by Gasteiger charge is -2.15. The molecule has 39 heavy (non-hydrogen) atoms. The lowest BCUT2D eigenvalue weighted by molar-refractivity contribution is 0.0694. The first-order valence-electron chi connectivity index (χ1n) is 12.3. The first kappa shape index (κ1) is 27.0. The van der Waals surface area contributed by atoms with Gasteiger partial charge >= 0.3 is 12.1 Å². The van der Waals surface area contributed by atoms with Crippen LogP contribution in [-0.4, -0.2) is 44.3 Å². The highest BCUT2D eigenvalue weighted by molar-refractivity contribution is 5.96. The molecule has 11 nitrogen and oxygen atoms in total. The van der Waals surface area contributed by atoms with E-state index in [-0.39, 0.29) is 24.0 Å². The van der Waals surface area contributed by atoms with Crippen LogP contribution in [-0.2, 0) is 11.3 Å². The van der Waals surface area contributed by atoms with Gasteiger partial charge in [0.05, 0.1) is 17.8 Å². The van der Waals surface area contributed by atoms with Crippen molar-refractivity contribution in [2.75, 3.05) is 6.61 Å². The zero-order valence-electron chi connectivity index (χ0n) is 21.7. The summed E-state index contributed by atoms with van der Waals surface area (Å²) in [5.74, 6) is -0.833. The topological polar surface area (TPSA) is 162 Å². The van der Waals surface area contributed by atoms with Crippen LogP contribution in [0.4, 0.5) is 10.5 Å². The fourth-order valence-electron chi connectivity index (χ4n) is 4.13. The number of carboxylic acid groups (broad SMARTS) is 1. The van der Waals surface area contributed by atoms with Crippen LogP contribution in [0.3, 0.4) is 0 Å². The molecule has 2 heterocycles. The van der Waals surface area contributed by atoms with Gasteiger partial charge in [0, 0.05) is 36.1 Å². The van der Waals surface area contributed by atoms with Crippen LogP contribution in [0.2, 0.25) is 0 Å². The third-order valence-electron chi connectivity index (χ3n) is 5.76. The Hall–Kier alpha value is -5.06. The minimum atomic E-state index is -1.27. The van der Waals surface area contributed by atoms with Gasteiger partial charge in [-0.3, -0.25) is 10.1 Å². The van der Waals surface area contributed by atoms with E-state index in [2.05, 4.69) is 20.3 Å². The van der Waals surface area contributed by atoms with Crippen molar-refractivity contribution >= 4 is 34.6 Å². The molecule has 2 aromatic carbocycles. The molecule has 0 bridgehead atoms. The second-order valence-electron chi connectivity index (χ2n) is 9.10. The number of carbonyl (C=O) groups excluding carboxylic acids is 1. The Morgan fingerprint density at radius 1 is 1.13 bits per heavy atom. The number of nitrogens with zero attached hydrogens (tertiary/aromatic N) is 4. The van der Waals surface area contributed by atoms with E-state index in [9.17, 15) is 19.5 Å². The van der Waals surface area contributed by atoms with Crippen molar-refractivity contribution in [3.8, 4) is 22.5 Å². The molecule has 200 valence electrons. The number of aromatic nitrogens is 3. The first-order valence-corrected chi connectivity index (χ1v) is 12.3. The highest BCUT2D eigenvalue weighted by atomic mass is 16.5. The predicted molar refractivity (Wildman–Crippen MR) is 148 cm³/mol. The molecule has 0 aliphatic heterocycles. The minimum absolute atomic E-state index is 0.170. The van der Waals surface area contributed by atoms with Gasteiger partial charge in [-0.25, -0.2) is 24.5 Å². The number of aromatic carboxylic acids is 1. The number of hydrogen-bond donors (Lipinski definition) is 3. The largest absolute Gasteiger partial charge is 0.477 e. The molecule has 0 saturated heterocycles. The Bertz CT molecular complexity index is 1630. The van der Waals surface area contributed by atoms with Crippen molar-refractivity contribution in [2.45, 2.75) is 27.3 Å². The third-order valence-corrected chi connectivity index (χ3v) is 5.76. The smallest absolute Gasteiger partial charge is 0.413 e. The normalized spacial score (nSPS) is 11.5. The van der Waals surface area contributed by atoms with Gasteiger partial charge in [-0.15, -0.1) is 0 Å². The molecular formula is C28H28N6O5. The average Bonchev–Trinajstić information content (AvgIpc) is 2.90. The lowest BCUT2D eigenvalue weighted by atomic mass is 9.99. The standard InChI is InChI=1S/C28H28N6O5/c1-4-39-28(38)33-27(29)32-22-8-6-17(12-19(22)25-30-10-5-11-31-25)18-7-9-23-20(13-18)24(35)21(26(36)37)15-34(23)14-16(2)3/h5-13,15-16H,4,14H2,1-3H3,(H,36,37)(H3,29,32,33,38). The number of guanidine groups is 1. The minimum Gasteiger partial charge on any atom is -0.477 e. The van der Waals surface area contributed by atoms with Crippen LogP contribution in [0.25, 0.3) is 33.4 Å². The van der Waals surface area contributed by atoms with Gasteiger partial charge in [-0.1, -0.05) is 26.0 Å². The molecule has 4 aromatic rings. The molecular weight excluding hydrogens is 500 g/mol. The highest BCUT2D eigenvalue weighted by Crippen LogP contribution is 2.33. The lowest BCUT2D eigenvalue weighted by Crippen LogP contribution is -2.36. The maximum Gasteiger partial charge on any atom is 0.413 e. The van der Waals surface area contributed by atoms with E-state index in [1.54, 1.807) is 54.2 Å². The van der Waals surface area contributed by atoms with E-state index in [0.29, 0.717) is 45.6 Å². The summed E-state index contributed by atoms with van der Waals surface area (Å²) in [5.41, 5.74) is 8.04. The van der Waals surface area contributed by atoms with Gasteiger partial charge in [0.1, 0.15) is 5.56 Å². The van der Waals surface area contributed by atoms with Crippen LogP contribution < -0.4 is 16.5 Å². The quantitative estimate of drug-likeness (QED) is 0.238. The summed E-state index contributed by atoms with van der Waals surface area (Å²) < 4.78 is 6.64. The van der Waals surface area contributed by atoms with E-state index >= 15 is 0 Å². The molecule has 11 heteroatoms. The monoisotopic (exact) mass is 528 g/mol. The Kier molecular flexibility index (Phi) is 7.99. The van der Waals surface area contributed by atoms with Gasteiger partial charge < -0.3 is 20.1 Å². The van der Waals surface area contributed by atoms with E-state index < -0.39 is 17.5 Å². The maximum absolute atomic E-state index is 13.1. The third kappa shape index (κ3) is 6.09. The fraction of sp³-hybridized carbons (Fsp3) is 0.214. The SMILES string of the molecule is CCOC(=O)NC(N)=Nc1ccc(-c2ccc3c(c2)c(=O)c(C(=O)O)cn3CC(C)C)cc1-c1ncccn1. The highest BCUT2D eigenvalue weighted by Gasteiger charge is 2.17. The molecule has 0 unspecified atom stereocenters. The number of hydrogen-bond acceptors (Lipinski definition) is 7. The summed E-state index contributed by atoms with van der Waals surface area (Å²) in [6.07, 6.45) is 3.85. The number of nitrogens with two attached hydrogens (primary N) is 1. The number of rotatable bonds is 7. The van der Waals surface area contributed by atoms with E-state index in [4.69, 9.17) is 10.5 Å². The molecule has 0 aliphatic carbocycles. The van der Waals surface area contributed by atoms with Gasteiger partial charge in [0.15, 0.2) is 5.82 Å². The summed E-state index contributed by atoms with van der Waals surface area (Å²) in [6.45, 7) is 6.44. The van der Waals surface area contributed by atoms with Gasteiger partial charge in [0.2, 0.25) is 11.4 Å². The van der Waals surface area contributed by atoms with Crippen molar-refractivity contribution in [1.29, 1.82) is 0 Å². The molecule has 0 atom stereocenters. The summed E-state index contributed by atoms with van der Waals surface area (Å²) in [4.78, 5) is 49.6. The van der Waals surface area contributed by atoms with Crippen molar-refractivity contribution in [1.82, 2.24) is 19.9 Å². The first-order chi connectivity index (χ1) is 18.7. The number of ether oxygens (including phenoxy) is 1. The molecule has 0 saturated carbocycles. The van der Waals surface area contributed by atoms with Crippen molar-refractivity contribution < 1.29 is 19.4 Å². The summed E-state index contributed by atoms with van der Waals surface area (Å²) >= 11 is 0. The fourth-order valence-corrected chi connectivity index (χ4v) is 4.13. The van der Waals surface area contributed by atoms with Crippen molar-refractivity contribution in [3.05, 3.63) is 76.8 Å². The Morgan fingerprint density at radius 2 is 1.82 bits per heavy atom. The number of pyridine rings is 1. The van der Waals surface area contributed by atoms with Crippen LogP contribution in [0.5, 0.6) is 0 Å². The Morgan fingerprint density at radius 3 is 2.49 bits per heavy atom. The molecule has 0 spiro atoms. The second kappa shape index (κ2) is 11.5. The van der Waals surface area contributed by atoms with E-state index in [1.165, 1.54) is 6.20 Å². The number of fused-ring (bicyclic) bond motifs is 1. The molecule has 1 amide bonds. The number of alkyl carbamates (subject to hydrolysis) is 1. The molecule has 0 aliphatic rings. The Labute approximate surface area is 224 Å². The van der Waals surface area contributed by atoms with Crippen LogP contribution in [0.1, 0.15) is 31.1 Å². The zero-order chi connectivity index (χ0) is 28.1. The molecule has 4 rings (SSSR count). The number of aliphatic imine (C=N–C) groups is 1. The molecule has 4 N–H and O–H groups in total. The van der Waals surface area contributed by atoms with E-state index in [1.807, 2.05) is 26.0 Å². The molecule has 2 aromatic heterocycles. The number of carbonyl (C=O) groups is 2. The van der Waals surface area contributed by atoms with Crippen LogP contribution >= 0.6 is 0 Å². The summed E-state index contributed by atoms with van der Waals surface area (Å²) in [5, 5.41) is 12.3. The summed E-state index contributed by atoms with van der Waals surface area (Å²) in [7, 11) is 0. The van der Waals surface area contributed by atoms with Gasteiger partial charge in [-0.05, 0) is 54.3 Å². The van der Waals surface area contributed by atoms with Gasteiger partial charge in [0.25, 0.3) is 0 Å². The average molecular weight is 529 g/mol. The van der Waals surface area contributed by atoms with Crippen LogP contribution in [0.15, 0.2) is 70.8 Å². The summed E-state index contributed by atoms with van der Waals surface area (Å²) in [6, 6.07) is 12.3. The number of carboxylic acids is 1. The second-order valence-corrected chi connectivity index (χ2v) is 9.10. The number of amides is 1. The predicted octanol–water partition coefficient (Wildman–Crippen LogP) is 4.17. The maximum atomic E-state index is 13.1. The number of benzene rings is 2. The van der Waals surface area contributed by atoms with E-state index in [0.717, 1.165) is 0 Å². The molecule has 0 radical (unpaired) electrons. The Balaban J connectivity index is 1.86. The number of nitrogens with one attached hydrogen (secondary N) is 1. The van der Waals surface area contributed by atoms with Crippen LogP contribution in [0, 0.1) is 5.92 Å². The zero-order valence-corrected chi connectivity index (χ0v) is 21.7. The molecule has 0 fully saturated rings. The van der Waals surface area contributed by atoms with Crippen molar-refractivity contribution in [2.24, 2.45) is 16.6 Å².